The smallest absolute Gasteiger partial charge is 0.119 e. The highest BCUT2D eigenvalue weighted by Gasteiger charge is 2.44. The van der Waals surface area contributed by atoms with Gasteiger partial charge in [0.2, 0.25) is 0 Å². The van der Waals surface area contributed by atoms with Gasteiger partial charge in [-0.3, -0.25) is 0 Å². The molecular weight excluding hydrogens is 200 g/mol. The van der Waals surface area contributed by atoms with Gasteiger partial charge in [-0.1, -0.05) is 0 Å². The van der Waals surface area contributed by atoms with Crippen LogP contribution in [0.25, 0.3) is 0 Å². The standard InChI is InChI=1S/C13H18N2O/c1-16-12-4-2-11(3-5-12)15-9-13(10-15)6-7-14-8-13/h2-5,14H,6-10H2,1H3. The van der Waals surface area contributed by atoms with Crippen LogP contribution in [0.15, 0.2) is 24.3 Å². The first kappa shape index (κ1) is 9.97. The molecule has 0 aromatic heterocycles. The maximum Gasteiger partial charge on any atom is 0.119 e. The molecule has 2 fully saturated rings. The number of hydrogen-bond acceptors (Lipinski definition) is 3. The molecule has 1 N–H and O–H groups in total. The molecular formula is C13H18N2O. The van der Waals surface area contributed by atoms with E-state index >= 15 is 0 Å². The maximum atomic E-state index is 5.17. The zero-order valence-corrected chi connectivity index (χ0v) is 9.70. The first-order valence-electron chi connectivity index (χ1n) is 5.91. The van der Waals surface area contributed by atoms with Gasteiger partial charge in [0, 0.05) is 30.7 Å². The van der Waals surface area contributed by atoms with Gasteiger partial charge >= 0.3 is 0 Å². The van der Waals surface area contributed by atoms with Crippen LogP contribution in [0.5, 0.6) is 5.75 Å². The molecule has 3 rings (SSSR count). The molecule has 2 saturated heterocycles. The molecule has 1 aromatic carbocycles. The van der Waals surface area contributed by atoms with E-state index in [0.29, 0.717) is 5.41 Å². The topological polar surface area (TPSA) is 24.5 Å². The number of rotatable bonds is 2. The third-order valence-corrected chi connectivity index (χ3v) is 3.82. The molecule has 3 nitrogen and oxygen atoms in total. The minimum absolute atomic E-state index is 0.569. The molecule has 16 heavy (non-hydrogen) atoms. The molecule has 2 aliphatic heterocycles. The van der Waals surface area contributed by atoms with Gasteiger partial charge in [0.25, 0.3) is 0 Å². The third kappa shape index (κ3) is 1.55. The quantitative estimate of drug-likeness (QED) is 0.814. The van der Waals surface area contributed by atoms with Crippen molar-refractivity contribution >= 4 is 5.69 Å². The largest absolute Gasteiger partial charge is 0.497 e. The molecule has 0 saturated carbocycles. The van der Waals surface area contributed by atoms with Crippen molar-refractivity contribution in [2.45, 2.75) is 6.42 Å². The number of nitrogens with zero attached hydrogens (tertiary/aromatic N) is 1. The van der Waals surface area contributed by atoms with E-state index in [2.05, 4.69) is 22.3 Å². The van der Waals surface area contributed by atoms with Crippen LogP contribution < -0.4 is 15.0 Å². The predicted octanol–water partition coefficient (Wildman–Crippen LogP) is 1.49. The Morgan fingerprint density at radius 2 is 2.00 bits per heavy atom. The summed E-state index contributed by atoms with van der Waals surface area (Å²) >= 11 is 0. The zero-order chi connectivity index (χ0) is 11.0. The summed E-state index contributed by atoms with van der Waals surface area (Å²) < 4.78 is 5.17. The number of nitrogens with one attached hydrogen (secondary N) is 1. The Morgan fingerprint density at radius 1 is 1.25 bits per heavy atom. The minimum Gasteiger partial charge on any atom is -0.497 e. The number of methoxy groups -OCH3 is 1. The van der Waals surface area contributed by atoms with Crippen LogP contribution in [0.2, 0.25) is 0 Å². The molecule has 0 atom stereocenters. The second-order valence-electron chi connectivity index (χ2n) is 4.98. The monoisotopic (exact) mass is 218 g/mol. The van der Waals surface area contributed by atoms with Crippen LogP contribution in [0.4, 0.5) is 5.69 Å². The van der Waals surface area contributed by atoms with E-state index in [4.69, 9.17) is 4.74 Å². The minimum atomic E-state index is 0.569. The van der Waals surface area contributed by atoms with Crippen molar-refractivity contribution in [2.24, 2.45) is 5.41 Å². The van der Waals surface area contributed by atoms with Crippen LogP contribution in [-0.4, -0.2) is 33.3 Å². The lowest BCUT2D eigenvalue weighted by Gasteiger charge is -2.49. The molecule has 2 aliphatic rings. The first-order valence-corrected chi connectivity index (χ1v) is 5.91. The van der Waals surface area contributed by atoms with Crippen molar-refractivity contribution in [3.63, 3.8) is 0 Å². The van der Waals surface area contributed by atoms with E-state index in [1.807, 2.05) is 12.1 Å². The fourth-order valence-corrected chi connectivity index (χ4v) is 2.80. The second kappa shape index (κ2) is 3.67. The van der Waals surface area contributed by atoms with Gasteiger partial charge < -0.3 is 15.0 Å². The maximum absolute atomic E-state index is 5.17. The Morgan fingerprint density at radius 3 is 2.56 bits per heavy atom. The summed E-state index contributed by atoms with van der Waals surface area (Å²) in [5.41, 5.74) is 1.89. The average Bonchev–Trinajstić information content (AvgIpc) is 2.76. The van der Waals surface area contributed by atoms with Crippen molar-refractivity contribution < 1.29 is 4.74 Å². The SMILES string of the molecule is COc1ccc(N2CC3(CCNC3)C2)cc1. The van der Waals surface area contributed by atoms with Crippen molar-refractivity contribution in [2.75, 3.05) is 38.2 Å². The van der Waals surface area contributed by atoms with Crippen LogP contribution in [0.1, 0.15) is 6.42 Å². The van der Waals surface area contributed by atoms with E-state index in [9.17, 15) is 0 Å². The first-order chi connectivity index (χ1) is 7.81. The van der Waals surface area contributed by atoms with Crippen LogP contribution in [0.3, 0.4) is 0 Å². The lowest BCUT2D eigenvalue weighted by molar-refractivity contribution is 0.243. The van der Waals surface area contributed by atoms with Crippen molar-refractivity contribution in [3.05, 3.63) is 24.3 Å². The fourth-order valence-electron chi connectivity index (χ4n) is 2.80. The summed E-state index contributed by atoms with van der Waals surface area (Å²) in [7, 11) is 1.71. The number of ether oxygens (including phenoxy) is 1. The molecule has 1 spiro atoms. The predicted molar refractivity (Wildman–Crippen MR) is 65.1 cm³/mol. The van der Waals surface area contributed by atoms with Crippen molar-refractivity contribution in [1.29, 1.82) is 0 Å². The van der Waals surface area contributed by atoms with E-state index in [1.54, 1.807) is 7.11 Å². The Bertz CT molecular complexity index is 360. The highest BCUT2D eigenvalue weighted by Crippen LogP contribution is 2.39. The van der Waals surface area contributed by atoms with Crippen molar-refractivity contribution in [3.8, 4) is 5.75 Å². The van der Waals surface area contributed by atoms with Crippen molar-refractivity contribution in [1.82, 2.24) is 5.32 Å². The molecule has 0 radical (unpaired) electrons. The number of benzene rings is 1. The highest BCUT2D eigenvalue weighted by molar-refractivity contribution is 5.52. The van der Waals surface area contributed by atoms with E-state index in [0.717, 1.165) is 5.75 Å². The molecule has 3 heteroatoms. The summed E-state index contributed by atoms with van der Waals surface area (Å²) in [6.07, 6.45) is 1.33. The fraction of sp³-hybridized carbons (Fsp3) is 0.538. The average molecular weight is 218 g/mol. The molecule has 0 bridgehead atoms. The third-order valence-electron chi connectivity index (χ3n) is 3.82. The van der Waals surface area contributed by atoms with Crippen LogP contribution in [-0.2, 0) is 0 Å². The van der Waals surface area contributed by atoms with Gasteiger partial charge in [-0.25, -0.2) is 0 Å². The Kier molecular flexibility index (Phi) is 2.28. The lowest BCUT2D eigenvalue weighted by Crippen LogP contribution is -2.57. The van der Waals surface area contributed by atoms with Gasteiger partial charge in [-0.15, -0.1) is 0 Å². The summed E-state index contributed by atoms with van der Waals surface area (Å²) in [5, 5.41) is 3.46. The summed E-state index contributed by atoms with van der Waals surface area (Å²) in [5.74, 6) is 0.932. The number of anilines is 1. The van der Waals surface area contributed by atoms with Gasteiger partial charge in [-0.05, 0) is 37.2 Å². The van der Waals surface area contributed by atoms with E-state index in [-0.39, 0.29) is 0 Å². The summed E-state index contributed by atoms with van der Waals surface area (Å²) in [6, 6.07) is 8.36. The molecule has 2 heterocycles. The molecule has 86 valence electrons. The molecule has 1 aromatic rings. The molecule has 0 amide bonds. The highest BCUT2D eigenvalue weighted by atomic mass is 16.5. The summed E-state index contributed by atoms with van der Waals surface area (Å²) in [4.78, 5) is 2.45. The number of hydrogen-bond donors (Lipinski definition) is 1. The van der Waals surface area contributed by atoms with E-state index < -0.39 is 0 Å². The van der Waals surface area contributed by atoms with E-state index in [1.165, 1.54) is 38.3 Å². The Labute approximate surface area is 96.4 Å². The second-order valence-corrected chi connectivity index (χ2v) is 4.98. The van der Waals surface area contributed by atoms with Gasteiger partial charge in [-0.2, -0.15) is 0 Å². The zero-order valence-electron chi connectivity index (χ0n) is 9.70. The normalized spacial score (nSPS) is 22.2. The van der Waals surface area contributed by atoms with Crippen LogP contribution in [0, 0.1) is 5.41 Å². The summed E-state index contributed by atoms with van der Waals surface area (Å²) in [6.45, 7) is 4.79. The molecule has 0 unspecified atom stereocenters. The van der Waals surface area contributed by atoms with Gasteiger partial charge in [0.15, 0.2) is 0 Å². The van der Waals surface area contributed by atoms with Crippen LogP contribution >= 0.6 is 0 Å². The van der Waals surface area contributed by atoms with Gasteiger partial charge in [0.1, 0.15) is 5.75 Å². The molecule has 0 aliphatic carbocycles. The van der Waals surface area contributed by atoms with Gasteiger partial charge in [0.05, 0.1) is 7.11 Å². The lowest BCUT2D eigenvalue weighted by atomic mass is 9.79. The Balaban J connectivity index is 1.66. The Hall–Kier alpha value is -1.22.